The molecule has 0 radical (unpaired) electrons. The van der Waals surface area contributed by atoms with Crippen molar-refractivity contribution in [3.8, 4) is 0 Å². The van der Waals surface area contributed by atoms with Crippen LogP contribution in [0.4, 0.5) is 4.79 Å². The fourth-order valence-corrected chi connectivity index (χ4v) is 2.38. The molecule has 14 heavy (non-hydrogen) atoms. The number of nitrogens with zero attached hydrogens (tertiary/aromatic N) is 4. The Kier molecular flexibility index (Phi) is 1.34. The van der Waals surface area contributed by atoms with Crippen molar-refractivity contribution in [2.75, 3.05) is 13.1 Å². The molecule has 0 spiro atoms. The third kappa shape index (κ3) is 0.918. The van der Waals surface area contributed by atoms with Gasteiger partial charge in [0.2, 0.25) is 0 Å². The molecule has 0 aromatic carbocycles. The number of hydrogen-bond acceptors (Lipinski definition) is 4. The van der Waals surface area contributed by atoms with E-state index in [9.17, 15) is 4.79 Å². The van der Waals surface area contributed by atoms with Gasteiger partial charge in [-0.1, -0.05) is 5.21 Å². The van der Waals surface area contributed by atoms with Crippen LogP contribution in [0, 0.1) is 11.8 Å². The zero-order valence-corrected chi connectivity index (χ0v) is 7.29. The third-order valence-corrected chi connectivity index (χ3v) is 3.12. The van der Waals surface area contributed by atoms with Crippen LogP contribution in [0.1, 0.15) is 11.7 Å². The number of tetrazole rings is 1. The molecule has 0 unspecified atom stereocenters. The molecule has 3 rings (SSSR count). The van der Waals surface area contributed by atoms with Crippen LogP contribution in [0.3, 0.4) is 0 Å². The Morgan fingerprint density at radius 1 is 1.50 bits per heavy atom. The van der Waals surface area contributed by atoms with E-state index in [-0.39, 0.29) is 0 Å². The van der Waals surface area contributed by atoms with Crippen LogP contribution in [0.5, 0.6) is 0 Å². The Labute approximate surface area is 79.1 Å². The average Bonchev–Trinajstić information content (AvgIpc) is 2.66. The van der Waals surface area contributed by atoms with Gasteiger partial charge in [-0.2, -0.15) is 5.21 Å². The maximum Gasteiger partial charge on any atom is 0.407 e. The summed E-state index contributed by atoms with van der Waals surface area (Å²) >= 11 is 0. The molecule has 7 heteroatoms. The second kappa shape index (κ2) is 2.43. The first kappa shape index (κ1) is 7.72. The van der Waals surface area contributed by atoms with Gasteiger partial charge in [0.1, 0.15) is 0 Å². The van der Waals surface area contributed by atoms with Gasteiger partial charge in [-0.25, -0.2) is 4.79 Å². The number of carbonyl (C=O) groups is 1. The van der Waals surface area contributed by atoms with Gasteiger partial charge in [-0.15, -0.1) is 10.2 Å². The zero-order chi connectivity index (χ0) is 9.71. The first-order valence-electron chi connectivity index (χ1n) is 4.48. The summed E-state index contributed by atoms with van der Waals surface area (Å²) in [6, 6.07) is 0. The summed E-state index contributed by atoms with van der Waals surface area (Å²) in [5.74, 6) is 1.86. The highest BCUT2D eigenvalue weighted by molar-refractivity contribution is 5.66. The van der Waals surface area contributed by atoms with Gasteiger partial charge in [0, 0.05) is 19.0 Å². The van der Waals surface area contributed by atoms with Gasteiger partial charge < -0.3 is 10.0 Å². The lowest BCUT2D eigenvalue weighted by Crippen LogP contribution is -2.29. The van der Waals surface area contributed by atoms with Crippen LogP contribution in [-0.4, -0.2) is 49.8 Å². The van der Waals surface area contributed by atoms with Gasteiger partial charge >= 0.3 is 6.09 Å². The highest BCUT2D eigenvalue weighted by atomic mass is 16.4. The summed E-state index contributed by atoms with van der Waals surface area (Å²) in [7, 11) is 0. The first-order chi connectivity index (χ1) is 6.77. The number of H-pyrrole nitrogens is 1. The smallest absolute Gasteiger partial charge is 0.407 e. The van der Waals surface area contributed by atoms with Crippen molar-refractivity contribution in [3.05, 3.63) is 5.82 Å². The molecule has 1 aliphatic heterocycles. The number of hydrogen-bond donors (Lipinski definition) is 2. The van der Waals surface area contributed by atoms with E-state index in [1.165, 1.54) is 4.90 Å². The lowest BCUT2D eigenvalue weighted by atomic mass is 10.2. The number of fused-ring (bicyclic) bond motifs is 1. The molecule has 1 aliphatic carbocycles. The number of aromatic nitrogens is 4. The molecule has 3 atom stereocenters. The molecular formula is C7H9N5O2. The molecule has 74 valence electrons. The third-order valence-electron chi connectivity index (χ3n) is 3.12. The van der Waals surface area contributed by atoms with Crippen LogP contribution < -0.4 is 0 Å². The second-order valence-electron chi connectivity index (χ2n) is 3.81. The van der Waals surface area contributed by atoms with Crippen molar-refractivity contribution in [3.63, 3.8) is 0 Å². The highest BCUT2D eigenvalue weighted by Crippen LogP contribution is 2.56. The standard InChI is InChI=1S/C7H9N5O2/c13-7(14)12-1-3-4(2-12)5(3)6-8-10-11-9-6/h3-5H,1-2H2,(H,13,14)(H,8,9,10,11)/t3-,4+,5+. The van der Waals surface area contributed by atoms with Crippen molar-refractivity contribution in [2.24, 2.45) is 11.8 Å². The van der Waals surface area contributed by atoms with E-state index in [1.54, 1.807) is 0 Å². The number of amides is 1. The van der Waals surface area contributed by atoms with Crippen molar-refractivity contribution < 1.29 is 9.90 Å². The summed E-state index contributed by atoms with van der Waals surface area (Å²) in [5.41, 5.74) is 0. The van der Waals surface area contributed by atoms with E-state index in [0.29, 0.717) is 30.8 Å². The summed E-state index contributed by atoms with van der Waals surface area (Å²) < 4.78 is 0. The zero-order valence-electron chi connectivity index (χ0n) is 7.29. The van der Waals surface area contributed by atoms with Gasteiger partial charge in [0.15, 0.2) is 5.82 Å². The number of carboxylic acid groups (broad SMARTS) is 1. The Bertz CT molecular complexity index is 352. The Morgan fingerprint density at radius 2 is 2.21 bits per heavy atom. The lowest BCUT2D eigenvalue weighted by Gasteiger charge is -2.14. The molecule has 2 fully saturated rings. The molecule has 7 nitrogen and oxygen atoms in total. The van der Waals surface area contributed by atoms with Crippen LogP contribution in [0.2, 0.25) is 0 Å². The number of nitrogens with one attached hydrogen (secondary N) is 1. The summed E-state index contributed by atoms with van der Waals surface area (Å²) in [5, 5.41) is 22.5. The quantitative estimate of drug-likeness (QED) is 0.631. The number of aromatic amines is 1. The van der Waals surface area contributed by atoms with E-state index in [4.69, 9.17) is 5.11 Å². The van der Waals surface area contributed by atoms with Crippen LogP contribution in [0.25, 0.3) is 0 Å². The molecule has 1 aromatic heterocycles. The summed E-state index contributed by atoms with van der Waals surface area (Å²) in [4.78, 5) is 12.1. The van der Waals surface area contributed by atoms with E-state index >= 15 is 0 Å². The maximum atomic E-state index is 10.6. The number of piperidine rings is 1. The lowest BCUT2D eigenvalue weighted by molar-refractivity contribution is 0.150. The number of likely N-dealkylation sites (tertiary alicyclic amines) is 1. The van der Waals surface area contributed by atoms with E-state index < -0.39 is 6.09 Å². The first-order valence-corrected chi connectivity index (χ1v) is 4.48. The van der Waals surface area contributed by atoms with Gasteiger partial charge in [-0.3, -0.25) is 0 Å². The maximum absolute atomic E-state index is 10.6. The monoisotopic (exact) mass is 195 g/mol. The van der Waals surface area contributed by atoms with Crippen molar-refractivity contribution in [1.82, 2.24) is 25.5 Å². The van der Waals surface area contributed by atoms with Crippen LogP contribution >= 0.6 is 0 Å². The van der Waals surface area contributed by atoms with E-state index in [0.717, 1.165) is 5.82 Å². The molecule has 1 saturated carbocycles. The van der Waals surface area contributed by atoms with Gasteiger partial charge in [-0.05, 0) is 11.8 Å². The molecule has 1 amide bonds. The minimum Gasteiger partial charge on any atom is -0.465 e. The molecule has 0 bridgehead atoms. The molecule has 1 saturated heterocycles. The molecule has 2 N–H and O–H groups in total. The predicted octanol–water partition coefficient (Wildman–Crippen LogP) is -0.477. The minimum absolute atomic E-state index is 0.323. The average molecular weight is 195 g/mol. The minimum atomic E-state index is -0.830. The molecular weight excluding hydrogens is 186 g/mol. The highest BCUT2D eigenvalue weighted by Gasteiger charge is 2.59. The van der Waals surface area contributed by atoms with Gasteiger partial charge in [0.25, 0.3) is 0 Å². The van der Waals surface area contributed by atoms with E-state index in [2.05, 4.69) is 20.6 Å². The summed E-state index contributed by atoms with van der Waals surface area (Å²) in [6.45, 7) is 1.22. The van der Waals surface area contributed by atoms with Gasteiger partial charge in [0.05, 0.1) is 0 Å². The molecule has 2 heterocycles. The van der Waals surface area contributed by atoms with Crippen molar-refractivity contribution >= 4 is 6.09 Å². The Balaban J connectivity index is 1.70. The Hall–Kier alpha value is -1.66. The second-order valence-corrected chi connectivity index (χ2v) is 3.81. The van der Waals surface area contributed by atoms with E-state index in [1.807, 2.05) is 0 Å². The topological polar surface area (TPSA) is 95.0 Å². The fraction of sp³-hybridized carbons (Fsp3) is 0.714. The molecule has 2 aliphatic rings. The van der Waals surface area contributed by atoms with Crippen LogP contribution in [-0.2, 0) is 0 Å². The number of rotatable bonds is 1. The SMILES string of the molecule is O=C(O)N1C[C@@H]2[C@H](C1)[C@H]2c1nn[nH]n1. The van der Waals surface area contributed by atoms with Crippen molar-refractivity contribution in [1.29, 1.82) is 0 Å². The van der Waals surface area contributed by atoms with Crippen LogP contribution in [0.15, 0.2) is 0 Å². The normalized spacial score (nSPS) is 34.3. The molecule has 1 aromatic rings. The summed E-state index contributed by atoms with van der Waals surface area (Å²) in [6.07, 6.45) is -0.830. The predicted molar refractivity (Wildman–Crippen MR) is 43.5 cm³/mol. The van der Waals surface area contributed by atoms with Crippen molar-refractivity contribution in [2.45, 2.75) is 5.92 Å². The fourth-order valence-electron chi connectivity index (χ4n) is 2.38. The largest absolute Gasteiger partial charge is 0.465 e. The Morgan fingerprint density at radius 3 is 2.71 bits per heavy atom.